The van der Waals surface area contributed by atoms with E-state index in [-0.39, 0.29) is 18.2 Å². The molecule has 0 aromatic carbocycles. The maximum atomic E-state index is 12.5. The van der Waals surface area contributed by atoms with E-state index in [0.29, 0.717) is 27.0 Å². The third-order valence-corrected chi connectivity index (χ3v) is 5.88. The number of hydrogen-bond donors (Lipinski definition) is 4. The van der Waals surface area contributed by atoms with Gasteiger partial charge >= 0.3 is 0 Å². The topological polar surface area (TPSA) is 118 Å². The zero-order valence-electron chi connectivity index (χ0n) is 14.1. The summed E-state index contributed by atoms with van der Waals surface area (Å²) >= 11 is 1.30. The van der Waals surface area contributed by atoms with Crippen molar-refractivity contribution >= 4 is 27.4 Å². The number of rotatable bonds is 4. The van der Waals surface area contributed by atoms with E-state index in [0.717, 1.165) is 36.9 Å². The number of nitrogens with one attached hydrogen (secondary N) is 3. The molecule has 7 nitrogen and oxygen atoms in total. The predicted molar refractivity (Wildman–Crippen MR) is 101 cm³/mol. The molecule has 0 bridgehead atoms. The SMILES string of the molecule is N#Cc1cc2[nH]c(-c3c(NC4CCC(CO)CC4)cc[nH]c3=O)nc2s1. The molecule has 1 aliphatic carbocycles. The lowest BCUT2D eigenvalue weighted by atomic mass is 9.86. The first kappa shape index (κ1) is 16.8. The minimum Gasteiger partial charge on any atom is -0.396 e. The summed E-state index contributed by atoms with van der Waals surface area (Å²) in [5.41, 5.74) is 1.79. The fraction of sp³-hybridized carbons (Fsp3) is 0.389. The first-order valence-electron chi connectivity index (χ1n) is 8.67. The smallest absolute Gasteiger partial charge is 0.261 e. The van der Waals surface area contributed by atoms with Crippen molar-refractivity contribution in [3.8, 4) is 17.5 Å². The van der Waals surface area contributed by atoms with Crippen LogP contribution in [0.5, 0.6) is 0 Å². The summed E-state index contributed by atoms with van der Waals surface area (Å²) in [6.45, 7) is 0.247. The molecule has 134 valence electrons. The van der Waals surface area contributed by atoms with Crippen molar-refractivity contribution in [2.75, 3.05) is 11.9 Å². The average molecular weight is 369 g/mol. The molecule has 3 heterocycles. The third-order valence-electron chi connectivity index (χ3n) is 4.95. The summed E-state index contributed by atoms with van der Waals surface area (Å²) in [5.74, 6) is 0.891. The van der Waals surface area contributed by atoms with Crippen LogP contribution in [-0.4, -0.2) is 32.7 Å². The largest absolute Gasteiger partial charge is 0.396 e. The second-order valence-electron chi connectivity index (χ2n) is 6.67. The van der Waals surface area contributed by atoms with Crippen LogP contribution < -0.4 is 10.9 Å². The highest BCUT2D eigenvalue weighted by Crippen LogP contribution is 2.31. The van der Waals surface area contributed by atoms with Gasteiger partial charge in [-0.05, 0) is 43.7 Å². The Balaban J connectivity index is 1.64. The average Bonchev–Trinajstić information content (AvgIpc) is 3.21. The van der Waals surface area contributed by atoms with Crippen LogP contribution in [0.1, 0.15) is 30.6 Å². The van der Waals surface area contributed by atoms with E-state index in [9.17, 15) is 9.90 Å². The molecule has 0 amide bonds. The first-order valence-corrected chi connectivity index (χ1v) is 9.48. The molecule has 0 radical (unpaired) electrons. The number of imidazole rings is 1. The molecule has 0 atom stereocenters. The first-order chi connectivity index (χ1) is 12.7. The van der Waals surface area contributed by atoms with Gasteiger partial charge in [0.05, 0.1) is 11.2 Å². The number of hydrogen-bond acceptors (Lipinski definition) is 6. The molecule has 4 rings (SSSR count). The van der Waals surface area contributed by atoms with Crippen molar-refractivity contribution in [1.29, 1.82) is 5.26 Å². The Morgan fingerprint density at radius 2 is 2.19 bits per heavy atom. The van der Waals surface area contributed by atoms with Crippen molar-refractivity contribution in [3.63, 3.8) is 0 Å². The van der Waals surface area contributed by atoms with Gasteiger partial charge < -0.3 is 20.4 Å². The Hall–Kier alpha value is -2.63. The highest BCUT2D eigenvalue weighted by Gasteiger charge is 2.23. The molecular weight excluding hydrogens is 350 g/mol. The molecule has 0 aliphatic heterocycles. The van der Waals surface area contributed by atoms with Gasteiger partial charge in [-0.15, -0.1) is 11.3 Å². The van der Waals surface area contributed by atoms with E-state index in [1.54, 1.807) is 12.3 Å². The van der Waals surface area contributed by atoms with Crippen LogP contribution in [0, 0.1) is 17.2 Å². The standard InChI is InChI=1S/C18H19N5O2S/c19-8-12-7-14-18(26-12)23-16(22-14)15-13(5-6-20-17(15)25)21-11-3-1-10(9-24)2-4-11/h5-7,10-11,24H,1-4,9H2,(H,22,23)(H2,20,21,25). The normalized spacial score (nSPS) is 20.2. The van der Waals surface area contributed by atoms with E-state index in [1.165, 1.54) is 11.3 Å². The summed E-state index contributed by atoms with van der Waals surface area (Å²) in [7, 11) is 0. The number of pyridine rings is 1. The lowest BCUT2D eigenvalue weighted by Gasteiger charge is -2.29. The Labute approximate surface area is 153 Å². The highest BCUT2D eigenvalue weighted by atomic mass is 32.1. The summed E-state index contributed by atoms with van der Waals surface area (Å²) in [4.78, 5) is 24.2. The van der Waals surface area contributed by atoms with Gasteiger partial charge in [-0.2, -0.15) is 5.26 Å². The number of H-pyrrole nitrogens is 2. The summed E-state index contributed by atoms with van der Waals surface area (Å²) in [6.07, 6.45) is 5.54. The number of aliphatic hydroxyl groups is 1. The van der Waals surface area contributed by atoms with E-state index in [2.05, 4.69) is 26.3 Å². The molecule has 0 saturated heterocycles. The molecule has 3 aromatic heterocycles. The van der Waals surface area contributed by atoms with Crippen molar-refractivity contribution in [2.24, 2.45) is 5.92 Å². The lowest BCUT2D eigenvalue weighted by molar-refractivity contribution is 0.186. The maximum absolute atomic E-state index is 12.5. The van der Waals surface area contributed by atoms with Gasteiger partial charge in [0.1, 0.15) is 27.2 Å². The van der Waals surface area contributed by atoms with Crippen LogP contribution in [0.2, 0.25) is 0 Å². The van der Waals surface area contributed by atoms with E-state index in [1.807, 2.05) is 6.07 Å². The number of aliphatic hydroxyl groups excluding tert-OH is 1. The Bertz CT molecular complexity index is 989. The molecule has 8 heteroatoms. The summed E-state index contributed by atoms with van der Waals surface area (Å²) < 4.78 is 0. The second-order valence-corrected chi connectivity index (χ2v) is 7.70. The number of nitriles is 1. The molecule has 1 saturated carbocycles. The van der Waals surface area contributed by atoms with Gasteiger partial charge in [0, 0.05) is 18.8 Å². The van der Waals surface area contributed by atoms with Gasteiger partial charge in [-0.3, -0.25) is 4.79 Å². The van der Waals surface area contributed by atoms with Crippen LogP contribution in [0.25, 0.3) is 21.7 Å². The van der Waals surface area contributed by atoms with Crippen LogP contribution in [0.4, 0.5) is 5.69 Å². The molecule has 1 fully saturated rings. The molecule has 26 heavy (non-hydrogen) atoms. The zero-order valence-corrected chi connectivity index (χ0v) is 14.9. The minimum absolute atomic E-state index is 0.207. The lowest BCUT2D eigenvalue weighted by Crippen LogP contribution is -2.28. The molecule has 0 unspecified atom stereocenters. The van der Waals surface area contributed by atoms with Crippen LogP contribution in [-0.2, 0) is 0 Å². The van der Waals surface area contributed by atoms with Crippen molar-refractivity contribution < 1.29 is 5.11 Å². The molecule has 4 N–H and O–H groups in total. The van der Waals surface area contributed by atoms with E-state index in [4.69, 9.17) is 5.26 Å². The van der Waals surface area contributed by atoms with Gasteiger partial charge in [-0.1, -0.05) is 0 Å². The van der Waals surface area contributed by atoms with Crippen molar-refractivity contribution in [2.45, 2.75) is 31.7 Å². The van der Waals surface area contributed by atoms with Gasteiger partial charge in [-0.25, -0.2) is 4.98 Å². The minimum atomic E-state index is -0.207. The maximum Gasteiger partial charge on any atom is 0.261 e. The summed E-state index contributed by atoms with van der Waals surface area (Å²) in [6, 6.07) is 5.99. The molecule has 0 spiro atoms. The van der Waals surface area contributed by atoms with E-state index >= 15 is 0 Å². The Kier molecular flexibility index (Phi) is 4.49. The number of aromatic amines is 2. The molecule has 1 aliphatic rings. The van der Waals surface area contributed by atoms with Crippen LogP contribution in [0.15, 0.2) is 23.1 Å². The third kappa shape index (κ3) is 3.11. The fourth-order valence-corrected chi connectivity index (χ4v) is 4.32. The van der Waals surface area contributed by atoms with Crippen molar-refractivity contribution in [3.05, 3.63) is 33.6 Å². The fourth-order valence-electron chi connectivity index (χ4n) is 3.53. The van der Waals surface area contributed by atoms with Crippen LogP contribution >= 0.6 is 11.3 Å². The van der Waals surface area contributed by atoms with Crippen LogP contribution in [0.3, 0.4) is 0 Å². The quantitative estimate of drug-likeness (QED) is 0.564. The Morgan fingerprint density at radius 1 is 1.38 bits per heavy atom. The predicted octanol–water partition coefficient (Wildman–Crippen LogP) is 2.81. The van der Waals surface area contributed by atoms with Gasteiger partial charge in [0.15, 0.2) is 0 Å². The number of thiophene rings is 1. The number of fused-ring (bicyclic) bond motifs is 1. The second kappa shape index (κ2) is 6.94. The number of anilines is 1. The molecule has 3 aromatic rings. The monoisotopic (exact) mass is 369 g/mol. The number of nitrogens with zero attached hydrogens (tertiary/aromatic N) is 2. The Morgan fingerprint density at radius 3 is 2.88 bits per heavy atom. The zero-order chi connectivity index (χ0) is 18.1. The number of aromatic nitrogens is 3. The van der Waals surface area contributed by atoms with Gasteiger partial charge in [0.2, 0.25) is 0 Å². The van der Waals surface area contributed by atoms with Crippen molar-refractivity contribution in [1.82, 2.24) is 15.0 Å². The molecular formula is C18H19N5O2S. The van der Waals surface area contributed by atoms with E-state index < -0.39 is 0 Å². The summed E-state index contributed by atoms with van der Waals surface area (Å²) in [5, 5.41) is 21.8. The highest BCUT2D eigenvalue weighted by molar-refractivity contribution is 7.19. The van der Waals surface area contributed by atoms with Gasteiger partial charge in [0.25, 0.3) is 5.56 Å².